The SMILES string of the molecule is Cc1ccc(C(=O)NCC(C)CN)c(F)c1. The summed E-state index contributed by atoms with van der Waals surface area (Å²) in [5.74, 6) is -0.687. The summed E-state index contributed by atoms with van der Waals surface area (Å²) in [6, 6.07) is 4.55. The van der Waals surface area contributed by atoms with Gasteiger partial charge >= 0.3 is 0 Å². The molecule has 0 fully saturated rings. The van der Waals surface area contributed by atoms with Gasteiger partial charge < -0.3 is 11.1 Å². The van der Waals surface area contributed by atoms with Crippen molar-refractivity contribution in [3.63, 3.8) is 0 Å². The maximum absolute atomic E-state index is 13.4. The van der Waals surface area contributed by atoms with Crippen LogP contribution in [-0.2, 0) is 0 Å². The Kier molecular flexibility index (Phi) is 4.43. The number of aryl methyl sites for hydroxylation is 1. The highest BCUT2D eigenvalue weighted by molar-refractivity contribution is 5.94. The highest BCUT2D eigenvalue weighted by Gasteiger charge is 2.11. The first-order valence-electron chi connectivity index (χ1n) is 5.29. The molecule has 0 saturated heterocycles. The third-order valence-corrected chi connectivity index (χ3v) is 2.38. The zero-order chi connectivity index (χ0) is 12.1. The first-order valence-corrected chi connectivity index (χ1v) is 5.29. The topological polar surface area (TPSA) is 55.1 Å². The molecule has 0 aliphatic rings. The summed E-state index contributed by atoms with van der Waals surface area (Å²) < 4.78 is 13.4. The van der Waals surface area contributed by atoms with Gasteiger partial charge in [0.1, 0.15) is 5.82 Å². The summed E-state index contributed by atoms with van der Waals surface area (Å²) in [5.41, 5.74) is 6.30. The van der Waals surface area contributed by atoms with Crippen LogP contribution in [0.3, 0.4) is 0 Å². The van der Waals surface area contributed by atoms with E-state index in [1.54, 1.807) is 13.0 Å². The van der Waals surface area contributed by atoms with E-state index in [2.05, 4.69) is 5.32 Å². The Morgan fingerprint density at radius 3 is 2.81 bits per heavy atom. The van der Waals surface area contributed by atoms with E-state index in [4.69, 9.17) is 5.73 Å². The van der Waals surface area contributed by atoms with Crippen molar-refractivity contribution >= 4 is 5.91 Å². The second kappa shape index (κ2) is 5.61. The van der Waals surface area contributed by atoms with Crippen LogP contribution in [0.15, 0.2) is 18.2 Å². The molecule has 4 heteroatoms. The van der Waals surface area contributed by atoms with Gasteiger partial charge in [-0.05, 0) is 37.1 Å². The standard InChI is InChI=1S/C12H17FN2O/c1-8-3-4-10(11(13)5-8)12(16)15-7-9(2)6-14/h3-5,9H,6-7,14H2,1-2H3,(H,15,16). The predicted molar refractivity (Wildman–Crippen MR) is 61.7 cm³/mol. The number of nitrogens with one attached hydrogen (secondary N) is 1. The van der Waals surface area contributed by atoms with Crippen molar-refractivity contribution in [3.05, 3.63) is 35.1 Å². The van der Waals surface area contributed by atoms with Gasteiger partial charge in [-0.15, -0.1) is 0 Å². The van der Waals surface area contributed by atoms with Gasteiger partial charge in [-0.2, -0.15) is 0 Å². The molecular weight excluding hydrogens is 207 g/mol. The van der Waals surface area contributed by atoms with Crippen LogP contribution in [0.1, 0.15) is 22.8 Å². The summed E-state index contributed by atoms with van der Waals surface area (Å²) in [7, 11) is 0. The van der Waals surface area contributed by atoms with Crippen molar-refractivity contribution in [1.29, 1.82) is 0 Å². The first-order chi connectivity index (χ1) is 7.54. The van der Waals surface area contributed by atoms with Crippen molar-refractivity contribution in [3.8, 4) is 0 Å². The zero-order valence-electron chi connectivity index (χ0n) is 9.59. The van der Waals surface area contributed by atoms with E-state index in [1.807, 2.05) is 6.92 Å². The van der Waals surface area contributed by atoms with Gasteiger partial charge in [0.15, 0.2) is 0 Å². The lowest BCUT2D eigenvalue weighted by Gasteiger charge is -2.10. The largest absolute Gasteiger partial charge is 0.352 e. The van der Waals surface area contributed by atoms with E-state index < -0.39 is 11.7 Å². The van der Waals surface area contributed by atoms with Crippen LogP contribution < -0.4 is 11.1 Å². The van der Waals surface area contributed by atoms with E-state index in [9.17, 15) is 9.18 Å². The van der Waals surface area contributed by atoms with Crippen molar-refractivity contribution in [2.75, 3.05) is 13.1 Å². The Morgan fingerprint density at radius 2 is 2.25 bits per heavy atom. The lowest BCUT2D eigenvalue weighted by molar-refractivity contribution is 0.0944. The molecule has 0 bridgehead atoms. The molecule has 1 aromatic carbocycles. The fourth-order valence-electron chi connectivity index (χ4n) is 1.25. The van der Waals surface area contributed by atoms with Crippen LogP contribution in [0.4, 0.5) is 4.39 Å². The number of benzene rings is 1. The fourth-order valence-corrected chi connectivity index (χ4v) is 1.25. The molecule has 1 unspecified atom stereocenters. The molecule has 88 valence electrons. The number of carbonyl (C=O) groups is 1. The van der Waals surface area contributed by atoms with E-state index in [-0.39, 0.29) is 11.5 Å². The van der Waals surface area contributed by atoms with Crippen LogP contribution in [0.25, 0.3) is 0 Å². The minimum atomic E-state index is -0.488. The van der Waals surface area contributed by atoms with Crippen LogP contribution in [0, 0.1) is 18.7 Å². The highest BCUT2D eigenvalue weighted by atomic mass is 19.1. The Morgan fingerprint density at radius 1 is 1.56 bits per heavy atom. The molecule has 1 amide bonds. The molecule has 0 heterocycles. The number of rotatable bonds is 4. The van der Waals surface area contributed by atoms with Crippen molar-refractivity contribution in [2.45, 2.75) is 13.8 Å². The molecule has 3 nitrogen and oxygen atoms in total. The van der Waals surface area contributed by atoms with Gasteiger partial charge in [-0.1, -0.05) is 13.0 Å². The highest BCUT2D eigenvalue weighted by Crippen LogP contribution is 2.09. The smallest absolute Gasteiger partial charge is 0.254 e. The third-order valence-electron chi connectivity index (χ3n) is 2.38. The van der Waals surface area contributed by atoms with Crippen molar-refractivity contribution in [1.82, 2.24) is 5.32 Å². The Hall–Kier alpha value is -1.42. The van der Waals surface area contributed by atoms with E-state index >= 15 is 0 Å². The number of carbonyl (C=O) groups excluding carboxylic acids is 1. The van der Waals surface area contributed by atoms with Gasteiger partial charge in [0, 0.05) is 6.54 Å². The second-order valence-electron chi connectivity index (χ2n) is 4.03. The van der Waals surface area contributed by atoms with Gasteiger partial charge in [0.25, 0.3) is 5.91 Å². The first kappa shape index (κ1) is 12.6. The quantitative estimate of drug-likeness (QED) is 0.813. The minimum absolute atomic E-state index is 0.0785. The Balaban J connectivity index is 2.66. The monoisotopic (exact) mass is 224 g/mol. The Bertz CT molecular complexity index is 379. The van der Waals surface area contributed by atoms with Crippen LogP contribution in [0.2, 0.25) is 0 Å². The number of hydrogen-bond acceptors (Lipinski definition) is 2. The zero-order valence-corrected chi connectivity index (χ0v) is 9.59. The molecule has 3 N–H and O–H groups in total. The molecule has 0 spiro atoms. The third kappa shape index (κ3) is 3.31. The average Bonchev–Trinajstić information content (AvgIpc) is 2.25. The summed E-state index contributed by atoms with van der Waals surface area (Å²) in [6.45, 7) is 4.66. The molecule has 0 aliphatic carbocycles. The summed E-state index contributed by atoms with van der Waals surface area (Å²) in [6.07, 6.45) is 0. The minimum Gasteiger partial charge on any atom is -0.352 e. The van der Waals surface area contributed by atoms with E-state index in [1.165, 1.54) is 12.1 Å². The molecule has 1 atom stereocenters. The Labute approximate surface area is 94.8 Å². The molecule has 1 rings (SSSR count). The number of halogens is 1. The van der Waals surface area contributed by atoms with Crippen molar-refractivity contribution < 1.29 is 9.18 Å². The summed E-state index contributed by atoms with van der Waals surface area (Å²) in [5, 5.41) is 2.65. The fraction of sp³-hybridized carbons (Fsp3) is 0.417. The molecule has 0 aromatic heterocycles. The van der Waals surface area contributed by atoms with Gasteiger partial charge in [-0.3, -0.25) is 4.79 Å². The van der Waals surface area contributed by atoms with Crippen molar-refractivity contribution in [2.24, 2.45) is 11.7 Å². The second-order valence-corrected chi connectivity index (χ2v) is 4.03. The van der Waals surface area contributed by atoms with Gasteiger partial charge in [0.05, 0.1) is 5.56 Å². The van der Waals surface area contributed by atoms with Gasteiger partial charge in [-0.25, -0.2) is 4.39 Å². The lowest BCUT2D eigenvalue weighted by atomic mass is 10.1. The molecule has 1 aromatic rings. The van der Waals surface area contributed by atoms with Gasteiger partial charge in [0.2, 0.25) is 0 Å². The average molecular weight is 224 g/mol. The van der Waals surface area contributed by atoms with Crippen LogP contribution in [-0.4, -0.2) is 19.0 Å². The maximum atomic E-state index is 13.4. The molecule has 16 heavy (non-hydrogen) atoms. The molecule has 0 aliphatic heterocycles. The molecular formula is C12H17FN2O. The number of nitrogens with two attached hydrogens (primary N) is 1. The van der Waals surface area contributed by atoms with E-state index in [0.29, 0.717) is 13.1 Å². The maximum Gasteiger partial charge on any atom is 0.254 e. The summed E-state index contributed by atoms with van der Waals surface area (Å²) >= 11 is 0. The summed E-state index contributed by atoms with van der Waals surface area (Å²) in [4.78, 5) is 11.6. The van der Waals surface area contributed by atoms with Crippen LogP contribution in [0.5, 0.6) is 0 Å². The van der Waals surface area contributed by atoms with E-state index in [0.717, 1.165) is 5.56 Å². The van der Waals surface area contributed by atoms with Crippen LogP contribution >= 0.6 is 0 Å². The normalized spacial score (nSPS) is 12.2. The molecule has 0 saturated carbocycles. The number of hydrogen-bond donors (Lipinski definition) is 2. The lowest BCUT2D eigenvalue weighted by Crippen LogP contribution is -2.31. The number of amides is 1. The molecule has 0 radical (unpaired) electrons. The predicted octanol–water partition coefficient (Wildman–Crippen LogP) is 1.46.